The Kier molecular flexibility index (Phi) is 6.82. The SMILES string of the molecule is COc1ccc(CCN2C(=O)CC[C@H]2CCNCc2ccc(F)cc2)cc1. The van der Waals surface area contributed by atoms with Crippen molar-refractivity contribution in [2.24, 2.45) is 0 Å². The smallest absolute Gasteiger partial charge is 0.222 e. The van der Waals surface area contributed by atoms with Crippen molar-refractivity contribution in [3.8, 4) is 5.75 Å². The minimum absolute atomic E-state index is 0.212. The van der Waals surface area contributed by atoms with E-state index in [1.165, 1.54) is 17.7 Å². The van der Waals surface area contributed by atoms with Crippen LogP contribution < -0.4 is 10.1 Å². The monoisotopic (exact) mass is 370 g/mol. The number of nitrogens with zero attached hydrogens (tertiary/aromatic N) is 1. The van der Waals surface area contributed by atoms with E-state index in [1.807, 2.05) is 17.0 Å². The van der Waals surface area contributed by atoms with Crippen LogP contribution in [-0.4, -0.2) is 37.0 Å². The van der Waals surface area contributed by atoms with Gasteiger partial charge in [0.1, 0.15) is 11.6 Å². The first-order chi connectivity index (χ1) is 13.2. The number of hydrogen-bond acceptors (Lipinski definition) is 3. The van der Waals surface area contributed by atoms with Crippen LogP contribution in [0.25, 0.3) is 0 Å². The van der Waals surface area contributed by atoms with Gasteiger partial charge in [-0.25, -0.2) is 4.39 Å². The van der Waals surface area contributed by atoms with Gasteiger partial charge in [-0.05, 0) is 61.2 Å². The highest BCUT2D eigenvalue weighted by molar-refractivity contribution is 5.78. The predicted octanol–water partition coefficient (Wildman–Crippen LogP) is 3.55. The first-order valence-corrected chi connectivity index (χ1v) is 9.53. The lowest BCUT2D eigenvalue weighted by atomic mass is 10.1. The summed E-state index contributed by atoms with van der Waals surface area (Å²) in [4.78, 5) is 14.3. The second-order valence-corrected chi connectivity index (χ2v) is 6.97. The average molecular weight is 370 g/mol. The van der Waals surface area contributed by atoms with E-state index in [0.717, 1.165) is 43.7 Å². The molecule has 2 aromatic rings. The Morgan fingerprint density at radius 2 is 1.81 bits per heavy atom. The Balaban J connectivity index is 1.43. The molecule has 0 aromatic heterocycles. The minimum atomic E-state index is -0.212. The molecule has 0 unspecified atom stereocenters. The maximum Gasteiger partial charge on any atom is 0.222 e. The van der Waals surface area contributed by atoms with Crippen LogP contribution in [0.2, 0.25) is 0 Å². The summed E-state index contributed by atoms with van der Waals surface area (Å²) in [6.45, 7) is 2.31. The van der Waals surface area contributed by atoms with E-state index in [-0.39, 0.29) is 11.7 Å². The molecule has 0 spiro atoms. The number of carbonyl (C=O) groups excluding carboxylic acids is 1. The van der Waals surface area contributed by atoms with Crippen molar-refractivity contribution in [2.45, 2.75) is 38.3 Å². The normalized spacial score (nSPS) is 16.7. The molecule has 1 amide bonds. The molecular formula is C22H27FN2O2. The van der Waals surface area contributed by atoms with Crippen molar-refractivity contribution in [1.29, 1.82) is 0 Å². The number of amides is 1. The Hall–Kier alpha value is -2.40. The fourth-order valence-electron chi connectivity index (χ4n) is 3.55. The van der Waals surface area contributed by atoms with E-state index in [2.05, 4.69) is 17.4 Å². The summed E-state index contributed by atoms with van der Waals surface area (Å²) in [6, 6.07) is 14.9. The molecule has 0 radical (unpaired) electrons. The van der Waals surface area contributed by atoms with E-state index >= 15 is 0 Å². The molecule has 1 saturated heterocycles. The van der Waals surface area contributed by atoms with Crippen LogP contribution in [0.4, 0.5) is 4.39 Å². The molecule has 2 aromatic carbocycles. The number of halogens is 1. The van der Waals surface area contributed by atoms with Gasteiger partial charge in [0.15, 0.2) is 0 Å². The largest absolute Gasteiger partial charge is 0.497 e. The standard InChI is InChI=1S/C22H27FN2O2/c1-27-21-9-4-17(5-10-21)13-15-25-20(8-11-22(25)26)12-14-24-16-18-2-6-19(23)7-3-18/h2-7,9-10,20,24H,8,11-16H2,1H3/t20-/m0/s1. The third-order valence-corrected chi connectivity index (χ3v) is 5.15. The first-order valence-electron chi connectivity index (χ1n) is 9.53. The first kappa shape index (κ1) is 19.4. The third kappa shape index (κ3) is 5.54. The Morgan fingerprint density at radius 1 is 1.11 bits per heavy atom. The van der Waals surface area contributed by atoms with Gasteiger partial charge in [-0.2, -0.15) is 0 Å². The molecule has 0 aliphatic carbocycles. The fraction of sp³-hybridized carbons (Fsp3) is 0.409. The van der Waals surface area contributed by atoms with E-state index in [1.54, 1.807) is 19.2 Å². The van der Waals surface area contributed by atoms with Crippen molar-refractivity contribution < 1.29 is 13.9 Å². The summed E-state index contributed by atoms with van der Waals surface area (Å²) in [5.74, 6) is 0.892. The van der Waals surface area contributed by atoms with E-state index in [9.17, 15) is 9.18 Å². The molecule has 3 rings (SSSR count). The lowest BCUT2D eigenvalue weighted by Gasteiger charge is -2.25. The van der Waals surface area contributed by atoms with Crippen molar-refractivity contribution >= 4 is 5.91 Å². The molecular weight excluding hydrogens is 343 g/mol. The van der Waals surface area contributed by atoms with Crippen LogP contribution in [0.15, 0.2) is 48.5 Å². The number of carbonyl (C=O) groups is 1. The Labute approximate surface area is 160 Å². The average Bonchev–Trinajstić information content (AvgIpc) is 3.05. The van der Waals surface area contributed by atoms with Gasteiger partial charge in [0, 0.05) is 25.6 Å². The zero-order valence-corrected chi connectivity index (χ0v) is 15.8. The van der Waals surface area contributed by atoms with Gasteiger partial charge in [0.25, 0.3) is 0 Å². The highest BCUT2D eigenvalue weighted by atomic mass is 19.1. The molecule has 4 nitrogen and oxygen atoms in total. The molecule has 27 heavy (non-hydrogen) atoms. The topological polar surface area (TPSA) is 41.6 Å². The zero-order valence-electron chi connectivity index (χ0n) is 15.8. The van der Waals surface area contributed by atoms with Gasteiger partial charge in [-0.1, -0.05) is 24.3 Å². The molecule has 1 aliphatic heterocycles. The van der Waals surface area contributed by atoms with Crippen molar-refractivity contribution in [3.63, 3.8) is 0 Å². The lowest BCUT2D eigenvalue weighted by molar-refractivity contribution is -0.129. The van der Waals surface area contributed by atoms with Gasteiger partial charge in [-0.15, -0.1) is 0 Å². The van der Waals surface area contributed by atoms with Crippen molar-refractivity contribution in [2.75, 3.05) is 20.2 Å². The molecule has 0 bridgehead atoms. The zero-order chi connectivity index (χ0) is 19.1. The molecule has 1 aliphatic rings. The number of likely N-dealkylation sites (tertiary alicyclic amines) is 1. The number of hydrogen-bond donors (Lipinski definition) is 1. The summed E-state index contributed by atoms with van der Waals surface area (Å²) >= 11 is 0. The van der Waals surface area contributed by atoms with E-state index in [4.69, 9.17) is 4.74 Å². The third-order valence-electron chi connectivity index (χ3n) is 5.15. The van der Waals surface area contributed by atoms with Crippen LogP contribution in [0, 0.1) is 5.82 Å². The second-order valence-electron chi connectivity index (χ2n) is 6.97. The van der Waals surface area contributed by atoms with Gasteiger partial charge < -0.3 is 15.0 Å². The summed E-state index contributed by atoms with van der Waals surface area (Å²) in [6.07, 6.45) is 3.37. The number of rotatable bonds is 9. The van der Waals surface area contributed by atoms with Crippen molar-refractivity contribution in [1.82, 2.24) is 10.2 Å². The maximum absolute atomic E-state index is 12.9. The van der Waals surface area contributed by atoms with Crippen LogP contribution >= 0.6 is 0 Å². The number of nitrogens with one attached hydrogen (secondary N) is 1. The highest BCUT2D eigenvalue weighted by Crippen LogP contribution is 2.22. The fourth-order valence-corrected chi connectivity index (χ4v) is 3.55. The van der Waals surface area contributed by atoms with Crippen LogP contribution in [0.3, 0.4) is 0 Å². The van der Waals surface area contributed by atoms with Gasteiger partial charge in [0.2, 0.25) is 5.91 Å². The summed E-state index contributed by atoms with van der Waals surface area (Å²) < 4.78 is 18.1. The number of benzene rings is 2. The number of ether oxygens (including phenoxy) is 1. The van der Waals surface area contributed by atoms with Gasteiger partial charge in [0.05, 0.1) is 7.11 Å². The molecule has 5 heteroatoms. The Bertz CT molecular complexity index is 731. The van der Waals surface area contributed by atoms with E-state index < -0.39 is 0 Å². The quantitative estimate of drug-likeness (QED) is 0.687. The molecule has 0 saturated carbocycles. The van der Waals surface area contributed by atoms with Crippen LogP contribution in [0.5, 0.6) is 5.75 Å². The van der Waals surface area contributed by atoms with Crippen LogP contribution in [0.1, 0.15) is 30.4 Å². The predicted molar refractivity (Wildman–Crippen MR) is 104 cm³/mol. The second kappa shape index (κ2) is 9.51. The molecule has 1 N–H and O–H groups in total. The summed E-state index contributed by atoms with van der Waals surface area (Å²) in [5, 5.41) is 3.40. The van der Waals surface area contributed by atoms with Gasteiger partial charge in [-0.3, -0.25) is 4.79 Å². The Morgan fingerprint density at radius 3 is 2.52 bits per heavy atom. The minimum Gasteiger partial charge on any atom is -0.497 e. The summed E-state index contributed by atoms with van der Waals surface area (Å²) in [5.41, 5.74) is 2.28. The lowest BCUT2D eigenvalue weighted by Crippen LogP contribution is -2.36. The van der Waals surface area contributed by atoms with Crippen molar-refractivity contribution in [3.05, 3.63) is 65.5 Å². The maximum atomic E-state index is 12.9. The molecule has 144 valence electrons. The molecule has 1 atom stereocenters. The molecule has 1 fully saturated rings. The highest BCUT2D eigenvalue weighted by Gasteiger charge is 2.29. The number of methoxy groups -OCH3 is 1. The molecule has 1 heterocycles. The van der Waals surface area contributed by atoms with E-state index in [0.29, 0.717) is 19.0 Å². The summed E-state index contributed by atoms with van der Waals surface area (Å²) in [7, 11) is 1.66. The van der Waals surface area contributed by atoms with Crippen LogP contribution in [-0.2, 0) is 17.8 Å². The van der Waals surface area contributed by atoms with Gasteiger partial charge >= 0.3 is 0 Å².